The molecule has 0 aliphatic heterocycles. The molecule has 0 atom stereocenters. The minimum Gasteiger partial charge on any atom is -0.396 e. The van der Waals surface area contributed by atoms with E-state index >= 15 is 0 Å². The van der Waals surface area contributed by atoms with Gasteiger partial charge in [-0.05, 0) is 22.0 Å². The molecule has 0 aromatic heterocycles. The van der Waals surface area contributed by atoms with Crippen LogP contribution in [0.15, 0.2) is 10.5 Å². The molecule has 2 N–H and O–H groups in total. The highest BCUT2D eigenvalue weighted by Gasteiger charge is 2.13. The summed E-state index contributed by atoms with van der Waals surface area (Å²) >= 11 is 2.65. The molecule has 0 fully saturated rings. The molecule has 5 heteroatoms. The summed E-state index contributed by atoms with van der Waals surface area (Å²) < 4.78 is 25.2. The second kappa shape index (κ2) is 3.18. The Balaban J connectivity index is 3.49. The van der Waals surface area contributed by atoms with Crippen LogP contribution in [-0.2, 0) is 0 Å². The lowest BCUT2D eigenvalue weighted by atomic mass is 10.2. The standard InChI is InChI=1S/C7H4BrF2NO/c8-5-4(9)1-3(2-12)7(11)6(5)10/h1-2H,11H2. The van der Waals surface area contributed by atoms with Crippen LogP contribution >= 0.6 is 15.9 Å². The van der Waals surface area contributed by atoms with Crippen molar-refractivity contribution in [2.24, 2.45) is 0 Å². The lowest BCUT2D eigenvalue weighted by molar-refractivity contribution is 0.112. The van der Waals surface area contributed by atoms with Crippen LogP contribution < -0.4 is 5.73 Å². The molecule has 0 saturated heterocycles. The van der Waals surface area contributed by atoms with Crippen LogP contribution in [0.25, 0.3) is 0 Å². The van der Waals surface area contributed by atoms with Crippen LogP contribution in [0.1, 0.15) is 10.4 Å². The fourth-order valence-corrected chi connectivity index (χ4v) is 1.05. The lowest BCUT2D eigenvalue weighted by Gasteiger charge is -2.02. The van der Waals surface area contributed by atoms with Gasteiger partial charge in [-0.1, -0.05) is 0 Å². The number of aldehydes is 1. The van der Waals surface area contributed by atoms with Crippen LogP contribution in [0.2, 0.25) is 0 Å². The van der Waals surface area contributed by atoms with Gasteiger partial charge >= 0.3 is 0 Å². The molecule has 0 aliphatic carbocycles. The zero-order valence-corrected chi connectivity index (χ0v) is 7.36. The van der Waals surface area contributed by atoms with Crippen molar-refractivity contribution >= 4 is 27.9 Å². The van der Waals surface area contributed by atoms with E-state index in [0.717, 1.165) is 6.07 Å². The highest BCUT2D eigenvalue weighted by Crippen LogP contribution is 2.26. The summed E-state index contributed by atoms with van der Waals surface area (Å²) in [7, 11) is 0. The first kappa shape index (κ1) is 9.12. The number of carbonyl (C=O) groups is 1. The predicted octanol–water partition coefficient (Wildman–Crippen LogP) is 2.12. The van der Waals surface area contributed by atoms with Crippen LogP contribution in [0.3, 0.4) is 0 Å². The summed E-state index contributed by atoms with van der Waals surface area (Å²) in [6, 6.07) is 0.871. The van der Waals surface area contributed by atoms with E-state index in [1.165, 1.54) is 0 Å². The molecule has 0 spiro atoms. The van der Waals surface area contributed by atoms with Gasteiger partial charge in [0.25, 0.3) is 0 Å². The quantitative estimate of drug-likeness (QED) is 0.461. The Morgan fingerprint density at radius 3 is 2.58 bits per heavy atom. The maximum absolute atomic E-state index is 12.9. The Labute approximate surface area is 75.5 Å². The highest BCUT2D eigenvalue weighted by atomic mass is 79.9. The van der Waals surface area contributed by atoms with Crippen molar-refractivity contribution in [3.8, 4) is 0 Å². The molecule has 12 heavy (non-hydrogen) atoms. The molecule has 1 rings (SSSR count). The smallest absolute Gasteiger partial charge is 0.163 e. The first-order valence-electron chi connectivity index (χ1n) is 2.96. The number of nitrogens with two attached hydrogens (primary N) is 1. The summed E-state index contributed by atoms with van der Waals surface area (Å²) in [6.45, 7) is 0. The molecule has 0 saturated carbocycles. The number of hydrogen-bond acceptors (Lipinski definition) is 2. The summed E-state index contributed by atoms with van der Waals surface area (Å²) in [6.07, 6.45) is 0.300. The first-order valence-corrected chi connectivity index (χ1v) is 3.75. The van der Waals surface area contributed by atoms with E-state index in [1.807, 2.05) is 0 Å². The summed E-state index contributed by atoms with van der Waals surface area (Å²) in [5, 5.41) is 0. The largest absolute Gasteiger partial charge is 0.396 e. The molecule has 0 bridgehead atoms. The van der Waals surface area contributed by atoms with Crippen molar-refractivity contribution in [2.45, 2.75) is 0 Å². The predicted molar refractivity (Wildman–Crippen MR) is 43.9 cm³/mol. The number of halogens is 3. The Kier molecular flexibility index (Phi) is 2.42. The average Bonchev–Trinajstić information content (AvgIpc) is 2.08. The fraction of sp³-hybridized carbons (Fsp3) is 0. The summed E-state index contributed by atoms with van der Waals surface area (Å²) in [4.78, 5) is 10.2. The highest BCUT2D eigenvalue weighted by molar-refractivity contribution is 9.10. The molecule has 2 nitrogen and oxygen atoms in total. The molecule has 1 aromatic rings. The van der Waals surface area contributed by atoms with Crippen molar-refractivity contribution < 1.29 is 13.6 Å². The summed E-state index contributed by atoms with van der Waals surface area (Å²) in [5.41, 5.74) is 4.62. The van der Waals surface area contributed by atoms with Gasteiger partial charge in [0, 0.05) is 5.56 Å². The molecule has 0 unspecified atom stereocenters. The Hall–Kier alpha value is -0.970. The van der Waals surface area contributed by atoms with Crippen molar-refractivity contribution in [1.29, 1.82) is 0 Å². The average molecular weight is 236 g/mol. The van der Waals surface area contributed by atoms with Gasteiger partial charge < -0.3 is 5.73 Å². The fourth-order valence-electron chi connectivity index (χ4n) is 0.725. The first-order chi connectivity index (χ1) is 5.57. The normalized spacial score (nSPS) is 9.92. The molecule has 0 amide bonds. The van der Waals surface area contributed by atoms with Crippen LogP contribution in [-0.4, -0.2) is 6.29 Å². The number of nitrogen functional groups attached to an aromatic ring is 1. The molecule has 0 aliphatic rings. The molecule has 1 aromatic carbocycles. The van der Waals surface area contributed by atoms with Crippen LogP contribution in [0.4, 0.5) is 14.5 Å². The number of carbonyl (C=O) groups excluding carboxylic acids is 1. The number of hydrogen-bond donors (Lipinski definition) is 1. The van der Waals surface area contributed by atoms with Gasteiger partial charge in [0.2, 0.25) is 0 Å². The number of rotatable bonds is 1. The molecule has 0 radical (unpaired) electrons. The third-order valence-corrected chi connectivity index (χ3v) is 2.09. The van der Waals surface area contributed by atoms with Gasteiger partial charge in [-0.25, -0.2) is 8.78 Å². The summed E-state index contributed by atoms with van der Waals surface area (Å²) in [5.74, 6) is -1.79. The van der Waals surface area contributed by atoms with Gasteiger partial charge in [0.1, 0.15) is 5.82 Å². The minimum absolute atomic E-state index is 0.187. The van der Waals surface area contributed by atoms with Crippen molar-refractivity contribution in [2.75, 3.05) is 5.73 Å². The zero-order chi connectivity index (χ0) is 9.30. The van der Waals surface area contributed by atoms with Crippen molar-refractivity contribution in [1.82, 2.24) is 0 Å². The van der Waals surface area contributed by atoms with Crippen LogP contribution in [0, 0.1) is 11.6 Å². The van der Waals surface area contributed by atoms with E-state index in [4.69, 9.17) is 5.73 Å². The maximum atomic E-state index is 12.9. The SMILES string of the molecule is Nc1c(C=O)cc(F)c(Br)c1F. The molecular weight excluding hydrogens is 232 g/mol. The number of benzene rings is 1. The van der Waals surface area contributed by atoms with Gasteiger partial charge in [0.15, 0.2) is 12.1 Å². The van der Waals surface area contributed by atoms with E-state index < -0.39 is 11.6 Å². The number of anilines is 1. The van der Waals surface area contributed by atoms with Gasteiger partial charge in [-0.2, -0.15) is 0 Å². The molecular formula is C7H4BrF2NO. The Morgan fingerprint density at radius 1 is 1.50 bits per heavy atom. The molecule has 64 valence electrons. The van der Waals surface area contributed by atoms with E-state index in [2.05, 4.69) is 15.9 Å². The molecule has 0 heterocycles. The lowest BCUT2D eigenvalue weighted by Crippen LogP contribution is -1.99. The topological polar surface area (TPSA) is 43.1 Å². The van der Waals surface area contributed by atoms with Crippen molar-refractivity contribution in [3.05, 3.63) is 27.7 Å². The third kappa shape index (κ3) is 1.32. The monoisotopic (exact) mass is 235 g/mol. The second-order valence-corrected chi connectivity index (χ2v) is 2.90. The van der Waals surface area contributed by atoms with E-state index in [9.17, 15) is 13.6 Å². The van der Waals surface area contributed by atoms with Gasteiger partial charge in [-0.3, -0.25) is 4.79 Å². The van der Waals surface area contributed by atoms with Gasteiger partial charge in [0.05, 0.1) is 10.2 Å². The van der Waals surface area contributed by atoms with E-state index in [0.29, 0.717) is 6.29 Å². The van der Waals surface area contributed by atoms with Gasteiger partial charge in [-0.15, -0.1) is 0 Å². The van der Waals surface area contributed by atoms with E-state index in [-0.39, 0.29) is 15.7 Å². The Bertz CT molecular complexity index is 341. The van der Waals surface area contributed by atoms with Crippen LogP contribution in [0.5, 0.6) is 0 Å². The second-order valence-electron chi connectivity index (χ2n) is 2.11. The van der Waals surface area contributed by atoms with Crippen molar-refractivity contribution in [3.63, 3.8) is 0 Å². The minimum atomic E-state index is -0.947. The Morgan fingerprint density at radius 2 is 2.08 bits per heavy atom. The maximum Gasteiger partial charge on any atom is 0.163 e. The third-order valence-electron chi connectivity index (χ3n) is 1.36. The zero-order valence-electron chi connectivity index (χ0n) is 5.77. The van der Waals surface area contributed by atoms with E-state index in [1.54, 1.807) is 0 Å².